The molecule has 0 saturated heterocycles. The molecular formula is C17H12ClFN2O3S. The second-order valence-electron chi connectivity index (χ2n) is 4.98. The third kappa shape index (κ3) is 3.42. The molecule has 0 bridgehead atoms. The number of fused-ring (bicyclic) bond motifs is 1. The first kappa shape index (κ1) is 17.2. The van der Waals surface area contributed by atoms with Gasteiger partial charge in [0.15, 0.2) is 11.5 Å². The van der Waals surface area contributed by atoms with Crippen molar-refractivity contribution in [1.82, 2.24) is 5.43 Å². The second-order valence-corrected chi connectivity index (χ2v) is 6.41. The number of carbonyl (C=O) groups excluding carboxylic acids is 1. The fraction of sp³-hybridized carbons (Fsp3) is 0.0588. The zero-order valence-corrected chi connectivity index (χ0v) is 14.5. The molecule has 8 heteroatoms. The van der Waals surface area contributed by atoms with Crippen LogP contribution in [0.15, 0.2) is 41.5 Å². The van der Waals surface area contributed by atoms with Crippen LogP contribution in [0.4, 0.5) is 4.39 Å². The monoisotopic (exact) mass is 378 g/mol. The third-order valence-corrected chi connectivity index (χ3v) is 5.07. The lowest BCUT2D eigenvalue weighted by molar-refractivity contribution is 0.0959. The maximum absolute atomic E-state index is 13.3. The first-order chi connectivity index (χ1) is 12.0. The summed E-state index contributed by atoms with van der Waals surface area (Å²) in [6.45, 7) is 0. The quantitative estimate of drug-likeness (QED) is 0.528. The van der Waals surface area contributed by atoms with Crippen LogP contribution in [0, 0.1) is 5.82 Å². The number of thiophene rings is 1. The van der Waals surface area contributed by atoms with E-state index in [1.54, 1.807) is 18.2 Å². The summed E-state index contributed by atoms with van der Waals surface area (Å²) in [5.41, 5.74) is 2.72. The number of amides is 1. The number of phenols is 1. The molecule has 3 rings (SSSR count). The number of rotatable bonds is 4. The number of methoxy groups -OCH3 is 1. The van der Waals surface area contributed by atoms with Gasteiger partial charge < -0.3 is 9.84 Å². The van der Waals surface area contributed by atoms with Gasteiger partial charge in [-0.05, 0) is 30.3 Å². The van der Waals surface area contributed by atoms with Crippen LogP contribution >= 0.6 is 22.9 Å². The minimum atomic E-state index is -0.523. The highest BCUT2D eigenvalue weighted by Gasteiger charge is 2.17. The molecule has 25 heavy (non-hydrogen) atoms. The van der Waals surface area contributed by atoms with Crippen LogP contribution in [0.2, 0.25) is 5.02 Å². The van der Waals surface area contributed by atoms with Crippen LogP contribution in [0.3, 0.4) is 0 Å². The molecule has 0 aliphatic rings. The maximum Gasteiger partial charge on any atom is 0.283 e. The summed E-state index contributed by atoms with van der Waals surface area (Å²) in [7, 11) is 1.43. The molecule has 0 spiro atoms. The van der Waals surface area contributed by atoms with E-state index in [2.05, 4.69) is 10.5 Å². The summed E-state index contributed by atoms with van der Waals surface area (Å²) in [5.74, 6) is -0.711. The minimum absolute atomic E-state index is 0.0848. The van der Waals surface area contributed by atoms with Crippen molar-refractivity contribution in [3.63, 3.8) is 0 Å². The molecule has 0 aliphatic heterocycles. The van der Waals surface area contributed by atoms with Crippen molar-refractivity contribution in [3.05, 3.63) is 57.7 Å². The number of nitrogens with zero attached hydrogens (tertiary/aromatic N) is 1. The van der Waals surface area contributed by atoms with Gasteiger partial charge in [0.1, 0.15) is 10.7 Å². The van der Waals surface area contributed by atoms with Gasteiger partial charge in [0, 0.05) is 15.6 Å². The molecule has 2 N–H and O–H groups in total. The minimum Gasteiger partial charge on any atom is -0.504 e. The number of aromatic hydroxyl groups is 1. The van der Waals surface area contributed by atoms with E-state index in [4.69, 9.17) is 16.3 Å². The molecule has 5 nitrogen and oxygen atoms in total. The highest BCUT2D eigenvalue weighted by atomic mass is 35.5. The molecule has 0 fully saturated rings. The Balaban J connectivity index is 1.80. The normalized spacial score (nSPS) is 11.2. The number of nitrogens with one attached hydrogen (secondary N) is 1. The highest BCUT2D eigenvalue weighted by molar-refractivity contribution is 7.21. The first-order valence-electron chi connectivity index (χ1n) is 7.08. The number of carbonyl (C=O) groups is 1. The van der Waals surface area contributed by atoms with E-state index < -0.39 is 11.7 Å². The van der Waals surface area contributed by atoms with Gasteiger partial charge in [-0.1, -0.05) is 17.7 Å². The van der Waals surface area contributed by atoms with E-state index in [9.17, 15) is 14.3 Å². The van der Waals surface area contributed by atoms with E-state index in [0.717, 1.165) is 11.3 Å². The Morgan fingerprint density at radius 1 is 1.40 bits per heavy atom. The summed E-state index contributed by atoms with van der Waals surface area (Å²) in [6.07, 6.45) is 1.29. The lowest BCUT2D eigenvalue weighted by Gasteiger charge is -2.04. The summed E-state index contributed by atoms with van der Waals surface area (Å²) >= 11 is 7.26. The molecule has 1 aromatic heterocycles. The average molecular weight is 379 g/mol. The van der Waals surface area contributed by atoms with Crippen LogP contribution in [0.5, 0.6) is 11.5 Å². The van der Waals surface area contributed by atoms with Crippen molar-refractivity contribution in [2.45, 2.75) is 0 Å². The number of ether oxygens (including phenoxy) is 1. The van der Waals surface area contributed by atoms with Gasteiger partial charge in [0.25, 0.3) is 5.91 Å². The van der Waals surface area contributed by atoms with Crippen LogP contribution < -0.4 is 10.2 Å². The molecule has 3 aromatic rings. The Labute approximate surface area is 151 Å². The Hall–Kier alpha value is -2.64. The van der Waals surface area contributed by atoms with E-state index in [0.29, 0.717) is 21.4 Å². The second kappa shape index (κ2) is 7.08. The van der Waals surface area contributed by atoms with Gasteiger partial charge >= 0.3 is 0 Å². The molecular weight excluding hydrogens is 367 g/mol. The molecule has 2 aromatic carbocycles. The molecule has 1 amide bonds. The molecule has 0 unspecified atom stereocenters. The van der Waals surface area contributed by atoms with Crippen LogP contribution in [0.1, 0.15) is 15.2 Å². The molecule has 0 atom stereocenters. The SMILES string of the molecule is COc1cccc(C=NNC(=O)c2sc3cc(F)ccc3c2Cl)c1O. The van der Waals surface area contributed by atoms with Crippen LogP contribution in [-0.4, -0.2) is 24.3 Å². The van der Waals surface area contributed by atoms with Crippen molar-refractivity contribution < 1.29 is 19.0 Å². The van der Waals surface area contributed by atoms with Crippen molar-refractivity contribution in [2.24, 2.45) is 5.10 Å². The maximum atomic E-state index is 13.3. The zero-order chi connectivity index (χ0) is 18.0. The van der Waals surface area contributed by atoms with Gasteiger partial charge in [-0.3, -0.25) is 4.79 Å². The lowest BCUT2D eigenvalue weighted by Crippen LogP contribution is -2.16. The largest absolute Gasteiger partial charge is 0.504 e. The number of hydrogen-bond acceptors (Lipinski definition) is 5. The Kier molecular flexibility index (Phi) is 4.87. The van der Waals surface area contributed by atoms with Crippen molar-refractivity contribution >= 4 is 45.1 Å². The number of halogens is 2. The third-order valence-electron chi connectivity index (χ3n) is 3.42. The fourth-order valence-corrected chi connectivity index (χ4v) is 3.64. The van der Waals surface area contributed by atoms with E-state index in [1.807, 2.05) is 0 Å². The van der Waals surface area contributed by atoms with Crippen molar-refractivity contribution in [2.75, 3.05) is 7.11 Å². The van der Waals surface area contributed by atoms with Gasteiger partial charge in [0.05, 0.1) is 18.3 Å². The van der Waals surface area contributed by atoms with Crippen LogP contribution in [-0.2, 0) is 0 Å². The predicted octanol–water partition coefficient (Wildman–Crippen LogP) is 4.17. The fourth-order valence-electron chi connectivity index (χ4n) is 2.20. The Morgan fingerprint density at radius 3 is 2.96 bits per heavy atom. The summed E-state index contributed by atoms with van der Waals surface area (Å²) < 4.78 is 18.8. The van der Waals surface area contributed by atoms with E-state index in [-0.39, 0.29) is 15.6 Å². The molecule has 0 aliphatic carbocycles. The highest BCUT2D eigenvalue weighted by Crippen LogP contribution is 2.35. The number of benzene rings is 2. The number of hydrazone groups is 1. The van der Waals surface area contributed by atoms with Crippen LogP contribution in [0.25, 0.3) is 10.1 Å². The van der Waals surface area contributed by atoms with Gasteiger partial charge in [-0.25, -0.2) is 9.82 Å². The zero-order valence-electron chi connectivity index (χ0n) is 12.9. The van der Waals surface area contributed by atoms with Gasteiger partial charge in [-0.2, -0.15) is 5.10 Å². The van der Waals surface area contributed by atoms with E-state index >= 15 is 0 Å². The summed E-state index contributed by atoms with van der Waals surface area (Å²) in [5, 5.41) is 14.6. The van der Waals surface area contributed by atoms with E-state index in [1.165, 1.54) is 31.5 Å². The first-order valence-corrected chi connectivity index (χ1v) is 8.27. The number of para-hydroxylation sites is 1. The number of hydrogen-bond donors (Lipinski definition) is 2. The molecule has 0 saturated carbocycles. The molecule has 128 valence electrons. The smallest absolute Gasteiger partial charge is 0.283 e. The standard InChI is InChI=1S/C17H12ClFN2O3S/c1-24-12-4-2-3-9(15(12)22)8-20-21-17(23)16-14(18)11-6-5-10(19)7-13(11)25-16/h2-8,22H,1H3,(H,21,23). The van der Waals surface area contributed by atoms with Crippen molar-refractivity contribution in [3.8, 4) is 11.5 Å². The Morgan fingerprint density at radius 2 is 2.20 bits per heavy atom. The van der Waals surface area contributed by atoms with Gasteiger partial charge in [0.2, 0.25) is 0 Å². The summed E-state index contributed by atoms with van der Waals surface area (Å²) in [4.78, 5) is 12.5. The predicted molar refractivity (Wildman–Crippen MR) is 96.5 cm³/mol. The van der Waals surface area contributed by atoms with Crippen molar-refractivity contribution in [1.29, 1.82) is 0 Å². The average Bonchev–Trinajstić information content (AvgIpc) is 2.92. The lowest BCUT2D eigenvalue weighted by atomic mass is 10.2. The summed E-state index contributed by atoms with van der Waals surface area (Å²) in [6, 6.07) is 9.02. The Bertz CT molecular complexity index is 987. The number of phenolic OH excluding ortho intramolecular Hbond substituents is 1. The van der Waals surface area contributed by atoms with Gasteiger partial charge in [-0.15, -0.1) is 11.3 Å². The molecule has 0 radical (unpaired) electrons. The molecule has 1 heterocycles. The topological polar surface area (TPSA) is 70.9 Å².